The summed E-state index contributed by atoms with van der Waals surface area (Å²) in [4.78, 5) is 46.1. The summed E-state index contributed by atoms with van der Waals surface area (Å²) in [6, 6.07) is 2.31. The van der Waals surface area contributed by atoms with Crippen LogP contribution in [-0.4, -0.2) is 52.8 Å². The fourth-order valence-electron chi connectivity index (χ4n) is 1.97. The summed E-state index contributed by atoms with van der Waals surface area (Å²) >= 11 is 0.579. The maximum Gasteiger partial charge on any atom is 0.325 e. The first-order valence-corrected chi connectivity index (χ1v) is 7.47. The minimum Gasteiger partial charge on any atom is -0.500 e. The highest BCUT2D eigenvalue weighted by molar-refractivity contribution is 8.18. The lowest BCUT2D eigenvalue weighted by molar-refractivity contribution is -0.386. The van der Waals surface area contributed by atoms with Crippen LogP contribution in [0.4, 0.5) is 10.5 Å². The molecule has 1 aromatic rings. The highest BCUT2D eigenvalue weighted by Crippen LogP contribution is 2.39. The van der Waals surface area contributed by atoms with Crippen LogP contribution in [0.1, 0.15) is 5.56 Å². The van der Waals surface area contributed by atoms with Crippen molar-refractivity contribution < 1.29 is 33.9 Å². The maximum atomic E-state index is 12.2. The van der Waals surface area contributed by atoms with Gasteiger partial charge in [0, 0.05) is 6.07 Å². The first kappa shape index (κ1) is 18.3. The van der Waals surface area contributed by atoms with Gasteiger partial charge in [-0.25, -0.2) is 0 Å². The maximum absolute atomic E-state index is 12.2. The molecule has 132 valence electrons. The number of esters is 1. The summed E-state index contributed by atoms with van der Waals surface area (Å²) in [5.74, 6) is -2.29. The van der Waals surface area contributed by atoms with E-state index in [0.717, 1.165) is 13.2 Å². The molecular weight excluding hydrogens is 356 g/mol. The summed E-state index contributed by atoms with van der Waals surface area (Å²) in [5, 5.41) is 20.1. The van der Waals surface area contributed by atoms with Crippen molar-refractivity contribution >= 4 is 40.6 Å². The number of imide groups is 1. The quantitative estimate of drug-likeness (QED) is 0.355. The van der Waals surface area contributed by atoms with Gasteiger partial charge < -0.3 is 14.6 Å². The van der Waals surface area contributed by atoms with Gasteiger partial charge >= 0.3 is 11.7 Å². The average molecular weight is 368 g/mol. The normalized spacial score (nSPS) is 15.6. The van der Waals surface area contributed by atoms with E-state index >= 15 is 0 Å². The molecule has 0 atom stereocenters. The fraction of sp³-hybridized carbons (Fsp3) is 0.214. The molecule has 0 aliphatic carbocycles. The summed E-state index contributed by atoms with van der Waals surface area (Å²) in [7, 11) is 2.34. The molecule has 2 rings (SSSR count). The Kier molecular flexibility index (Phi) is 5.27. The zero-order chi connectivity index (χ0) is 18.7. The zero-order valence-corrected chi connectivity index (χ0v) is 13.9. The van der Waals surface area contributed by atoms with Crippen molar-refractivity contribution in [3.8, 4) is 11.5 Å². The minimum absolute atomic E-state index is 0.0315. The number of methoxy groups -OCH3 is 2. The van der Waals surface area contributed by atoms with Crippen LogP contribution in [0.5, 0.6) is 11.5 Å². The predicted molar refractivity (Wildman–Crippen MR) is 86.0 cm³/mol. The number of phenols is 1. The smallest absolute Gasteiger partial charge is 0.325 e. The molecule has 11 heteroatoms. The molecule has 25 heavy (non-hydrogen) atoms. The lowest BCUT2D eigenvalue weighted by Gasteiger charge is -2.09. The summed E-state index contributed by atoms with van der Waals surface area (Å²) in [6.07, 6.45) is 1.23. The van der Waals surface area contributed by atoms with Gasteiger partial charge in [-0.15, -0.1) is 0 Å². The van der Waals surface area contributed by atoms with Gasteiger partial charge in [0.15, 0.2) is 5.75 Å². The number of ether oxygens (including phenoxy) is 2. The van der Waals surface area contributed by atoms with E-state index in [1.807, 2.05) is 0 Å². The zero-order valence-electron chi connectivity index (χ0n) is 13.0. The molecule has 1 aromatic carbocycles. The second-order valence-electron chi connectivity index (χ2n) is 4.69. The highest BCUT2D eigenvalue weighted by atomic mass is 32.2. The highest BCUT2D eigenvalue weighted by Gasteiger charge is 2.36. The van der Waals surface area contributed by atoms with Crippen molar-refractivity contribution in [2.45, 2.75) is 0 Å². The molecule has 10 nitrogen and oxygen atoms in total. The lowest BCUT2D eigenvalue weighted by Crippen LogP contribution is -2.34. The van der Waals surface area contributed by atoms with Crippen molar-refractivity contribution in [3.63, 3.8) is 0 Å². The molecule has 1 aliphatic rings. The van der Waals surface area contributed by atoms with Crippen LogP contribution in [0.15, 0.2) is 17.0 Å². The van der Waals surface area contributed by atoms with E-state index in [0.29, 0.717) is 16.7 Å². The van der Waals surface area contributed by atoms with Gasteiger partial charge in [0.1, 0.15) is 6.54 Å². The molecule has 0 unspecified atom stereocenters. The largest absolute Gasteiger partial charge is 0.500 e. The monoisotopic (exact) mass is 368 g/mol. The van der Waals surface area contributed by atoms with E-state index < -0.39 is 40.0 Å². The van der Waals surface area contributed by atoms with Crippen LogP contribution >= 0.6 is 11.8 Å². The van der Waals surface area contributed by atoms with Crippen LogP contribution in [-0.2, 0) is 14.3 Å². The van der Waals surface area contributed by atoms with E-state index in [9.17, 15) is 29.6 Å². The second-order valence-corrected chi connectivity index (χ2v) is 5.69. The van der Waals surface area contributed by atoms with E-state index in [4.69, 9.17) is 4.74 Å². The molecular formula is C14H12N2O8S. The van der Waals surface area contributed by atoms with Crippen LogP contribution < -0.4 is 4.74 Å². The molecule has 1 fully saturated rings. The SMILES string of the molecule is COC(=O)CN1C(=O)S/C(=C\c2cc(OC)c(O)c([N+](=O)[O-])c2)C1=O. The molecule has 1 saturated heterocycles. The third-order valence-corrected chi connectivity index (χ3v) is 4.09. The van der Waals surface area contributed by atoms with Crippen molar-refractivity contribution in [3.05, 3.63) is 32.7 Å². The first-order valence-electron chi connectivity index (χ1n) is 6.66. The van der Waals surface area contributed by atoms with Crippen molar-refractivity contribution in [1.29, 1.82) is 0 Å². The Morgan fingerprint density at radius 1 is 1.40 bits per heavy atom. The third-order valence-electron chi connectivity index (χ3n) is 3.18. The molecule has 1 N–H and O–H groups in total. The molecule has 0 spiro atoms. The Hall–Kier alpha value is -3.08. The van der Waals surface area contributed by atoms with E-state index in [1.165, 1.54) is 19.3 Å². The number of nitro groups is 1. The first-order chi connectivity index (χ1) is 11.8. The molecule has 0 aromatic heterocycles. The number of thioether (sulfide) groups is 1. The number of hydrogen-bond donors (Lipinski definition) is 1. The number of amides is 2. The number of aromatic hydroxyl groups is 1. The van der Waals surface area contributed by atoms with Gasteiger partial charge in [0.25, 0.3) is 11.1 Å². The van der Waals surface area contributed by atoms with Crippen LogP contribution in [0.2, 0.25) is 0 Å². The van der Waals surface area contributed by atoms with Gasteiger partial charge in [0.05, 0.1) is 24.0 Å². The second kappa shape index (κ2) is 7.21. The number of nitro benzene ring substituents is 1. The van der Waals surface area contributed by atoms with Crippen molar-refractivity contribution in [2.75, 3.05) is 20.8 Å². The van der Waals surface area contributed by atoms with Crippen LogP contribution in [0.25, 0.3) is 6.08 Å². The Morgan fingerprint density at radius 2 is 2.08 bits per heavy atom. The van der Waals surface area contributed by atoms with Gasteiger partial charge in [-0.1, -0.05) is 0 Å². The average Bonchev–Trinajstić information content (AvgIpc) is 2.83. The van der Waals surface area contributed by atoms with E-state index in [1.54, 1.807) is 0 Å². The summed E-state index contributed by atoms with van der Waals surface area (Å²) < 4.78 is 9.28. The lowest BCUT2D eigenvalue weighted by atomic mass is 10.1. The van der Waals surface area contributed by atoms with E-state index in [-0.39, 0.29) is 16.2 Å². The van der Waals surface area contributed by atoms with Gasteiger partial charge in [-0.05, 0) is 29.5 Å². The number of benzene rings is 1. The van der Waals surface area contributed by atoms with Gasteiger partial charge in [0.2, 0.25) is 5.75 Å². The molecule has 1 aliphatic heterocycles. The topological polar surface area (TPSA) is 136 Å². The summed E-state index contributed by atoms with van der Waals surface area (Å²) in [5.41, 5.74) is -0.440. The summed E-state index contributed by atoms with van der Waals surface area (Å²) in [6.45, 7) is -0.530. The Morgan fingerprint density at radius 3 is 2.64 bits per heavy atom. The number of rotatable bonds is 5. The van der Waals surface area contributed by atoms with Crippen molar-refractivity contribution in [2.24, 2.45) is 0 Å². The molecule has 0 radical (unpaired) electrons. The Bertz CT molecular complexity index is 804. The van der Waals surface area contributed by atoms with Crippen molar-refractivity contribution in [1.82, 2.24) is 4.90 Å². The number of carbonyl (C=O) groups excluding carboxylic acids is 3. The van der Waals surface area contributed by atoms with E-state index in [2.05, 4.69) is 4.74 Å². The minimum atomic E-state index is -0.807. The Labute approximate surface area is 145 Å². The molecule has 1 heterocycles. The number of phenolic OH excluding ortho intramolecular Hbond substituents is 1. The Balaban J connectivity index is 2.39. The predicted octanol–water partition coefficient (Wildman–Crippen LogP) is 1.52. The molecule has 0 bridgehead atoms. The molecule has 2 amide bonds. The molecule has 0 saturated carbocycles. The third kappa shape index (κ3) is 3.71. The number of nitrogens with zero attached hydrogens (tertiary/aromatic N) is 2. The number of carbonyl (C=O) groups is 3. The fourth-order valence-corrected chi connectivity index (χ4v) is 2.81. The van der Waals surface area contributed by atoms with Gasteiger partial charge in [-0.2, -0.15) is 0 Å². The standard InChI is InChI=1S/C14H12N2O8S/c1-23-9-4-7(3-8(12(9)18)16(21)22)5-10-13(19)15(14(20)25-10)6-11(17)24-2/h3-5,18H,6H2,1-2H3/b10-5-. The van der Waals surface area contributed by atoms with Crippen LogP contribution in [0.3, 0.4) is 0 Å². The van der Waals surface area contributed by atoms with Crippen LogP contribution in [0, 0.1) is 10.1 Å². The van der Waals surface area contributed by atoms with Gasteiger partial charge in [-0.3, -0.25) is 29.4 Å². The number of hydrogen-bond acceptors (Lipinski definition) is 9.